The summed E-state index contributed by atoms with van der Waals surface area (Å²) >= 11 is 16.4. The molecule has 3 radical (unpaired) electrons. The van der Waals surface area contributed by atoms with Crippen LogP contribution in [0.3, 0.4) is 0 Å². The van der Waals surface area contributed by atoms with Gasteiger partial charge in [-0.15, -0.1) is 0 Å². The number of anilines is 1. The maximum atomic E-state index is 10.5. The van der Waals surface area contributed by atoms with Crippen molar-refractivity contribution >= 4 is 282 Å². The normalized spacial score (nSPS) is 17.7. The zero-order chi connectivity index (χ0) is 53.6. The molecule has 0 aromatic carbocycles. The number of halogens is 6. The number of carbonyl (C=O) groups is 3. The molecule has 361 valence electrons. The van der Waals surface area contributed by atoms with E-state index in [-0.39, 0.29) is 37.6 Å². The van der Waals surface area contributed by atoms with E-state index in [1.165, 1.54) is 175 Å². The van der Waals surface area contributed by atoms with Crippen LogP contribution < -0.4 is 19.0 Å². The number of pyridine rings is 3. The number of nitrogens with two attached hydrogens (primary N) is 1. The van der Waals surface area contributed by atoms with Gasteiger partial charge >= 0.3 is 210 Å². The van der Waals surface area contributed by atoms with Gasteiger partial charge in [0.2, 0.25) is 7.28 Å². The number of carbonyl (C=O) groups excluding carboxylic acids is 3. The van der Waals surface area contributed by atoms with Crippen LogP contribution in [-0.4, -0.2) is 246 Å². The first-order chi connectivity index (χ1) is 33.8. The Morgan fingerprint density at radius 2 is 1.25 bits per heavy atom. The fourth-order valence-electron chi connectivity index (χ4n) is 6.40. The van der Waals surface area contributed by atoms with Crippen molar-refractivity contribution in [1.29, 1.82) is 0 Å². The van der Waals surface area contributed by atoms with E-state index < -0.39 is 9.85 Å². The van der Waals surface area contributed by atoms with E-state index in [4.69, 9.17) is 15.0 Å². The first-order valence-electron chi connectivity index (χ1n) is 22.5. The van der Waals surface area contributed by atoms with E-state index >= 15 is 0 Å². The van der Waals surface area contributed by atoms with Crippen LogP contribution in [0.25, 0.3) is 11.1 Å². The summed E-state index contributed by atoms with van der Waals surface area (Å²) in [4.78, 5) is 66.7. The first-order valence-corrected chi connectivity index (χ1v) is 80.4. The SMILES string of the molecule is CC1(C)OB(C2=CCC([B]C=O)CC2)OC1(C)C.I[I-]I(I)I.Nc1ccc(C2=CCN([B]C=O)CC2)nc1.O=C[B]N1CC=C(c2ccc([N+](=O)[O-])cn2)CC1.O=[N+]([O-])c1ccc(Br)nc1.[K][K].[K][K]. The van der Waals surface area contributed by atoms with E-state index in [0.717, 1.165) is 87.3 Å². The summed E-state index contributed by atoms with van der Waals surface area (Å²) in [6, 6.07) is 9.80. The molecule has 1 saturated heterocycles. The number of aromatic nitrogens is 3. The number of nitro groups is 2. The minimum absolute atomic E-state index is 0.00296. The second-order valence-corrected chi connectivity index (χ2v) is 81.5. The van der Waals surface area contributed by atoms with Crippen LogP contribution in [0, 0.1) is 20.2 Å². The number of hydrogen-bond donors (Lipinski definition) is 1. The van der Waals surface area contributed by atoms with Crippen molar-refractivity contribution in [2.75, 3.05) is 31.9 Å². The van der Waals surface area contributed by atoms with Crippen molar-refractivity contribution in [3.05, 3.63) is 115 Å². The van der Waals surface area contributed by atoms with Gasteiger partial charge in [0.25, 0.3) is 26.2 Å². The molecular weight excluding hydrogens is 1650 g/mol. The van der Waals surface area contributed by atoms with E-state index in [9.17, 15) is 34.6 Å². The summed E-state index contributed by atoms with van der Waals surface area (Å²) < 4.78 is 12.7. The van der Waals surface area contributed by atoms with Gasteiger partial charge in [-0.2, -0.15) is 0 Å². The van der Waals surface area contributed by atoms with Crippen molar-refractivity contribution < 1.29 is 46.8 Å². The third-order valence-corrected chi connectivity index (χ3v) is 93.9. The number of nitrogens with zero attached hydrogens (tertiary/aromatic N) is 7. The van der Waals surface area contributed by atoms with Crippen LogP contribution in [0.2, 0.25) is 5.82 Å². The third kappa shape index (κ3) is 30.3. The summed E-state index contributed by atoms with van der Waals surface area (Å²) in [6.45, 7) is 11.3. The van der Waals surface area contributed by atoms with E-state index in [1.807, 2.05) is 27.8 Å². The molecule has 3 aromatic rings. The van der Waals surface area contributed by atoms with Crippen LogP contribution in [0.15, 0.2) is 83.3 Å². The van der Waals surface area contributed by atoms with Gasteiger partial charge in [-0.3, -0.25) is 25.2 Å². The van der Waals surface area contributed by atoms with Gasteiger partial charge in [-0.25, -0.2) is 9.97 Å². The molecule has 17 nitrogen and oxygen atoms in total. The molecule has 0 saturated carbocycles. The van der Waals surface area contributed by atoms with Crippen molar-refractivity contribution in [2.24, 2.45) is 0 Å². The van der Waals surface area contributed by atoms with Gasteiger partial charge in [0.15, 0.2) is 0 Å². The Morgan fingerprint density at radius 1 is 0.789 bits per heavy atom. The van der Waals surface area contributed by atoms with Crippen LogP contribution in [0.1, 0.15) is 71.2 Å². The van der Waals surface area contributed by atoms with E-state index in [2.05, 4.69) is 127 Å². The molecule has 0 amide bonds. The molecular formula is C40H48B4BrI5K4N8O9-. The number of hydrogen-bond acceptors (Lipinski definition) is 15. The molecule has 1 unspecified atom stereocenters. The fourth-order valence-corrected chi connectivity index (χ4v) is 6.64. The van der Waals surface area contributed by atoms with Gasteiger partial charge in [0.05, 0.1) is 62.9 Å². The van der Waals surface area contributed by atoms with Crippen molar-refractivity contribution in [3.63, 3.8) is 0 Å². The summed E-state index contributed by atoms with van der Waals surface area (Å²) in [5, 5.41) is 20.6. The van der Waals surface area contributed by atoms with Crippen molar-refractivity contribution in [3.8, 4) is 0 Å². The third-order valence-electron chi connectivity index (χ3n) is 10.8. The molecule has 1 fully saturated rings. The Balaban J connectivity index is 0.000000454. The summed E-state index contributed by atoms with van der Waals surface area (Å²) in [6.07, 6.45) is 17.4. The fraction of sp³-hybridized carbons (Fsp3) is 0.400. The predicted molar refractivity (Wildman–Crippen MR) is 325 cm³/mol. The van der Waals surface area contributed by atoms with Crippen LogP contribution >= 0.6 is 79.7 Å². The van der Waals surface area contributed by atoms with Gasteiger partial charge in [-0.1, -0.05) is 30.5 Å². The molecule has 1 atom stereocenters. The summed E-state index contributed by atoms with van der Waals surface area (Å²) in [5.74, 6) is 0.383. The predicted octanol–water partition coefficient (Wildman–Crippen LogP) is 4.64. The van der Waals surface area contributed by atoms with Crippen LogP contribution in [-0.2, 0) is 23.7 Å². The summed E-state index contributed by atoms with van der Waals surface area (Å²) in [5.41, 5.74) is 10.9. The van der Waals surface area contributed by atoms with Gasteiger partial charge in [0, 0.05) is 25.2 Å². The molecule has 3 aromatic heterocycles. The Kier molecular flexibility index (Phi) is 44.7. The van der Waals surface area contributed by atoms with Gasteiger partial charge in [0.1, 0.15) is 17.0 Å². The van der Waals surface area contributed by atoms with Crippen LogP contribution in [0.5, 0.6) is 0 Å². The minimum atomic E-state index is -0.487. The second-order valence-electron chi connectivity index (χ2n) is 15.7. The monoisotopic (exact) mass is 1700 g/mol. The van der Waals surface area contributed by atoms with Crippen molar-refractivity contribution in [2.45, 2.75) is 76.8 Å². The molecule has 31 heteroatoms. The molecule has 6 heterocycles. The molecule has 3 aliphatic heterocycles. The average Bonchev–Trinajstić information content (AvgIpc) is 3.60. The van der Waals surface area contributed by atoms with Crippen LogP contribution in [0.4, 0.5) is 17.1 Å². The maximum absolute atomic E-state index is 10.5. The van der Waals surface area contributed by atoms with Gasteiger partial charge in [-0.05, 0) is 123 Å². The first kappa shape index (κ1) is 74.1. The number of allylic oxidation sites excluding steroid dienone is 2. The molecule has 1 aliphatic carbocycles. The van der Waals surface area contributed by atoms with E-state index in [1.54, 1.807) is 27.0 Å². The molecule has 71 heavy (non-hydrogen) atoms. The number of rotatable bonds is 12. The molecule has 7 rings (SSSR count). The summed E-state index contributed by atoms with van der Waals surface area (Å²) in [7, 11) is 4.37. The zero-order valence-corrected chi connectivity index (χ0v) is 65.9. The average molecular weight is 1700 g/mol. The van der Waals surface area contributed by atoms with E-state index in [0.29, 0.717) is 35.9 Å². The molecule has 0 spiro atoms. The topological polar surface area (TPSA) is 227 Å². The zero-order valence-electron chi connectivity index (χ0n) is 41.1. The Hall–Kier alpha value is 5.06. The van der Waals surface area contributed by atoms with Gasteiger partial charge < -0.3 is 39.0 Å². The molecule has 2 N–H and O–H groups in total. The second kappa shape index (κ2) is 42.8. The van der Waals surface area contributed by atoms with Crippen molar-refractivity contribution in [1.82, 2.24) is 24.6 Å². The number of nitrogen functional groups attached to an aromatic ring is 1. The molecule has 4 aliphatic rings. The Bertz CT molecular complexity index is 2190. The Morgan fingerprint density at radius 3 is 1.58 bits per heavy atom. The molecule has 0 bridgehead atoms. The quantitative estimate of drug-likeness (QED) is 0.0651. The Labute approximate surface area is 561 Å². The standard InChI is InChI=1S/C13H21B2O3.C11H11BN3O3.C11H13BN3O.C5H3BrN2O2.I5.4K/c1-12(2)13(3,4)18-15(17-12)11-7-5-10(6-8-11)14-9-16;16-8-12-14-5-3-9(4-6-14)11-2-1-10(7-13-11)15(17)18;13-10-1-2-11(14-7-10)9-3-5-15(6-4-9)12-8-16;6-5-2-1-4(3-7-5)8(9)10;1-4-5(2)3;;;;/h7,9-10H,5-6,8H2,1-4H3;1-3,7-8H,4-6H2;1-3,7-8H,4-6,13H2;1-3H;;;;;/q;;;;-1;;;;.